The van der Waals surface area contributed by atoms with E-state index < -0.39 is 0 Å². The van der Waals surface area contributed by atoms with E-state index in [4.69, 9.17) is 19.7 Å². The zero-order valence-corrected chi connectivity index (χ0v) is 15.0. The molecule has 10 heteroatoms. The maximum atomic E-state index is 13.1. The fourth-order valence-corrected chi connectivity index (χ4v) is 2.62. The van der Waals surface area contributed by atoms with Crippen molar-refractivity contribution in [3.05, 3.63) is 48.3 Å². The molecule has 2 heterocycles. The lowest BCUT2D eigenvalue weighted by atomic mass is 10.2. The quantitative estimate of drug-likeness (QED) is 0.560. The number of hydrogen-bond donors (Lipinski definition) is 1. The molecule has 2 aromatic carbocycles. The molecule has 0 aliphatic rings. The Morgan fingerprint density at radius 3 is 2.50 bits per heavy atom. The summed E-state index contributed by atoms with van der Waals surface area (Å²) in [5, 5.41) is 12.0. The first-order valence-electron chi connectivity index (χ1n) is 8.14. The first-order chi connectivity index (χ1) is 13.6. The Balaban J connectivity index is 1.69. The van der Waals surface area contributed by atoms with Crippen LogP contribution in [-0.4, -0.2) is 39.4 Å². The van der Waals surface area contributed by atoms with Gasteiger partial charge >= 0.3 is 0 Å². The van der Waals surface area contributed by atoms with Crippen LogP contribution in [0, 0.1) is 5.82 Å². The highest BCUT2D eigenvalue weighted by atomic mass is 19.1. The summed E-state index contributed by atoms with van der Waals surface area (Å²) in [5.74, 6) is 1.34. The van der Waals surface area contributed by atoms with E-state index in [9.17, 15) is 4.39 Å². The lowest BCUT2D eigenvalue weighted by Gasteiger charge is -2.09. The van der Waals surface area contributed by atoms with Gasteiger partial charge in [0.15, 0.2) is 23.0 Å². The summed E-state index contributed by atoms with van der Waals surface area (Å²) in [4.78, 5) is 4.27. The van der Waals surface area contributed by atoms with Crippen LogP contribution in [0.15, 0.2) is 47.0 Å². The summed E-state index contributed by atoms with van der Waals surface area (Å²) in [6, 6.07) is 10.9. The van der Waals surface area contributed by atoms with Crippen LogP contribution in [0.4, 0.5) is 10.2 Å². The van der Waals surface area contributed by atoms with Crippen LogP contribution in [0.1, 0.15) is 0 Å². The fourth-order valence-electron chi connectivity index (χ4n) is 2.62. The molecule has 2 N–H and O–H groups in total. The summed E-state index contributed by atoms with van der Waals surface area (Å²) in [7, 11) is 3.08. The minimum Gasteiger partial charge on any atom is -0.493 e. The van der Waals surface area contributed by atoms with Crippen LogP contribution in [0.2, 0.25) is 0 Å². The van der Waals surface area contributed by atoms with Crippen LogP contribution < -0.4 is 15.2 Å². The number of hydrogen-bond acceptors (Lipinski definition) is 8. The molecule has 0 fully saturated rings. The third kappa shape index (κ3) is 3.00. The highest BCUT2D eigenvalue weighted by molar-refractivity contribution is 5.66. The number of nitrogens with zero attached hydrogens (tertiary/aromatic N) is 5. The van der Waals surface area contributed by atoms with E-state index in [2.05, 4.69) is 20.5 Å². The summed E-state index contributed by atoms with van der Waals surface area (Å²) in [6.45, 7) is 0. The van der Waals surface area contributed by atoms with E-state index in [1.807, 2.05) is 0 Å². The molecule has 0 unspecified atom stereocenters. The number of methoxy groups -OCH3 is 2. The zero-order valence-electron chi connectivity index (χ0n) is 15.0. The lowest BCUT2D eigenvalue weighted by Crippen LogP contribution is -2.03. The zero-order chi connectivity index (χ0) is 19.7. The second-order valence-electron chi connectivity index (χ2n) is 5.70. The second-order valence-corrected chi connectivity index (χ2v) is 5.70. The van der Waals surface area contributed by atoms with Crippen molar-refractivity contribution in [3.63, 3.8) is 0 Å². The molecule has 142 valence electrons. The number of nitrogen functional groups attached to an aromatic ring is 1. The molecule has 0 atom stereocenters. The molecule has 0 amide bonds. The summed E-state index contributed by atoms with van der Waals surface area (Å²) in [5.41, 5.74) is 7.63. The average Bonchev–Trinajstić information content (AvgIpc) is 3.35. The molecule has 0 radical (unpaired) electrons. The minimum absolute atomic E-state index is 0.101. The van der Waals surface area contributed by atoms with Gasteiger partial charge < -0.3 is 19.7 Å². The third-order valence-electron chi connectivity index (χ3n) is 4.05. The van der Waals surface area contributed by atoms with Gasteiger partial charge in [-0.05, 0) is 36.4 Å². The van der Waals surface area contributed by atoms with Crippen LogP contribution in [0.3, 0.4) is 0 Å². The minimum atomic E-state index is -0.352. The second kappa shape index (κ2) is 6.99. The van der Waals surface area contributed by atoms with E-state index in [0.29, 0.717) is 22.7 Å². The lowest BCUT2D eigenvalue weighted by molar-refractivity contribution is 0.354. The van der Waals surface area contributed by atoms with E-state index in [0.717, 1.165) is 0 Å². The maximum Gasteiger partial charge on any atom is 0.282 e. The Labute approximate surface area is 158 Å². The number of nitrogens with two attached hydrogens (primary N) is 1. The van der Waals surface area contributed by atoms with Gasteiger partial charge in [-0.3, -0.25) is 0 Å². The molecule has 4 rings (SSSR count). The number of aromatic nitrogens is 5. The third-order valence-corrected chi connectivity index (χ3v) is 4.05. The van der Waals surface area contributed by atoms with Gasteiger partial charge in [-0.1, -0.05) is 10.4 Å². The molecule has 2 aromatic heterocycles. The van der Waals surface area contributed by atoms with Gasteiger partial charge in [-0.25, -0.2) is 4.39 Å². The Hall–Kier alpha value is -3.95. The van der Waals surface area contributed by atoms with Crippen LogP contribution in [0.25, 0.3) is 28.7 Å². The Morgan fingerprint density at radius 2 is 1.79 bits per heavy atom. The summed E-state index contributed by atoms with van der Waals surface area (Å²) in [6.07, 6.45) is 0. The van der Waals surface area contributed by atoms with Gasteiger partial charge in [-0.15, -0.1) is 5.10 Å². The molecule has 4 aromatic rings. The van der Waals surface area contributed by atoms with E-state index >= 15 is 0 Å². The highest BCUT2D eigenvalue weighted by Gasteiger charge is 2.20. The van der Waals surface area contributed by atoms with Crippen molar-refractivity contribution in [3.8, 4) is 40.2 Å². The average molecular weight is 382 g/mol. The maximum absolute atomic E-state index is 13.1. The molecule has 0 saturated carbocycles. The largest absolute Gasteiger partial charge is 0.493 e. The molecular formula is C18H15FN6O3. The molecule has 9 nitrogen and oxygen atoms in total. The number of anilines is 1. The van der Waals surface area contributed by atoms with Crippen molar-refractivity contribution < 1.29 is 18.4 Å². The van der Waals surface area contributed by atoms with Crippen LogP contribution in [0.5, 0.6) is 11.5 Å². The fraction of sp³-hybridized carbons (Fsp3) is 0.111. The smallest absolute Gasteiger partial charge is 0.282 e. The summed E-state index contributed by atoms with van der Waals surface area (Å²) >= 11 is 0. The van der Waals surface area contributed by atoms with Crippen LogP contribution in [-0.2, 0) is 0 Å². The van der Waals surface area contributed by atoms with Gasteiger partial charge in [0.05, 0.1) is 19.9 Å². The van der Waals surface area contributed by atoms with Gasteiger partial charge in [0.2, 0.25) is 5.82 Å². The van der Waals surface area contributed by atoms with E-state index in [1.54, 1.807) is 37.4 Å². The van der Waals surface area contributed by atoms with Gasteiger partial charge in [0, 0.05) is 11.6 Å². The number of benzene rings is 2. The van der Waals surface area contributed by atoms with Gasteiger partial charge in [0.1, 0.15) is 5.82 Å². The number of ether oxygens (including phenoxy) is 2. The molecule has 28 heavy (non-hydrogen) atoms. The van der Waals surface area contributed by atoms with Crippen molar-refractivity contribution in [2.45, 2.75) is 0 Å². The van der Waals surface area contributed by atoms with Crippen molar-refractivity contribution in [2.24, 2.45) is 0 Å². The molecule has 0 saturated heterocycles. The summed E-state index contributed by atoms with van der Waals surface area (Å²) < 4.78 is 30.3. The van der Waals surface area contributed by atoms with E-state index in [-0.39, 0.29) is 29.0 Å². The Kier molecular flexibility index (Phi) is 4.36. The monoisotopic (exact) mass is 382 g/mol. The van der Waals surface area contributed by atoms with Crippen molar-refractivity contribution >= 4 is 5.82 Å². The first-order valence-corrected chi connectivity index (χ1v) is 8.14. The van der Waals surface area contributed by atoms with Crippen molar-refractivity contribution in [1.29, 1.82) is 0 Å². The van der Waals surface area contributed by atoms with E-state index in [1.165, 1.54) is 23.9 Å². The molecular weight excluding hydrogens is 367 g/mol. The molecule has 0 bridgehead atoms. The van der Waals surface area contributed by atoms with Gasteiger partial charge in [-0.2, -0.15) is 9.67 Å². The normalized spacial score (nSPS) is 10.8. The SMILES string of the molecule is COc1ccc(-n2nnc(-c3nc(-c4ccc(F)cc4)no3)c2N)cc1OC. The topological polar surface area (TPSA) is 114 Å². The number of halogens is 1. The van der Waals surface area contributed by atoms with Crippen LogP contribution >= 0.6 is 0 Å². The van der Waals surface area contributed by atoms with Gasteiger partial charge in [0.25, 0.3) is 5.89 Å². The Bertz CT molecular complexity index is 1120. The molecule has 0 aliphatic heterocycles. The van der Waals surface area contributed by atoms with Crippen molar-refractivity contribution in [1.82, 2.24) is 25.1 Å². The molecule has 0 aliphatic carbocycles. The Morgan fingerprint density at radius 1 is 1.04 bits per heavy atom. The van der Waals surface area contributed by atoms with Crippen molar-refractivity contribution in [2.75, 3.05) is 20.0 Å². The predicted molar refractivity (Wildman–Crippen MR) is 97.6 cm³/mol. The number of rotatable bonds is 5. The first kappa shape index (κ1) is 17.5. The highest BCUT2D eigenvalue weighted by Crippen LogP contribution is 2.31. The predicted octanol–water partition coefficient (Wildman–Crippen LogP) is 2.72. The standard InChI is InChI=1S/C18H15FN6O3/c1-26-13-8-7-12(9-14(13)27-2)25-16(20)15(22-24-25)18-21-17(23-28-18)10-3-5-11(19)6-4-10/h3-9H,20H2,1-2H3. The molecule has 0 spiro atoms.